The third-order valence-electron chi connectivity index (χ3n) is 3.61. The topological polar surface area (TPSA) is 21.3 Å². The molecule has 2 heterocycles. The van der Waals surface area contributed by atoms with Gasteiger partial charge in [0.1, 0.15) is 0 Å². The summed E-state index contributed by atoms with van der Waals surface area (Å²) in [4.78, 5) is 0. The quantitative estimate of drug-likeness (QED) is 0.641. The molecule has 0 saturated carbocycles. The zero-order valence-corrected chi connectivity index (χ0v) is 7.94. The summed E-state index contributed by atoms with van der Waals surface area (Å²) in [5, 5.41) is 3.47. The first kappa shape index (κ1) is 8.52. The fourth-order valence-electron chi connectivity index (χ4n) is 2.58. The van der Waals surface area contributed by atoms with Gasteiger partial charge in [-0.1, -0.05) is 6.92 Å². The monoisotopic (exact) mass is 169 g/mol. The molecule has 2 aliphatic rings. The molecule has 1 atom stereocenters. The van der Waals surface area contributed by atoms with Crippen molar-refractivity contribution in [2.45, 2.75) is 26.2 Å². The molecule has 0 aromatic carbocycles. The molecule has 0 aromatic rings. The Kier molecular flexibility index (Phi) is 2.37. The number of hydrogen-bond donors (Lipinski definition) is 1. The number of hydrogen-bond acceptors (Lipinski definition) is 2. The highest BCUT2D eigenvalue weighted by molar-refractivity contribution is 4.90. The molecule has 2 aliphatic heterocycles. The van der Waals surface area contributed by atoms with Crippen LogP contribution >= 0.6 is 0 Å². The molecule has 0 bridgehead atoms. The molecule has 2 rings (SSSR count). The van der Waals surface area contributed by atoms with Gasteiger partial charge in [0.05, 0.1) is 0 Å². The van der Waals surface area contributed by atoms with E-state index < -0.39 is 0 Å². The van der Waals surface area contributed by atoms with Gasteiger partial charge in [0, 0.05) is 19.8 Å². The first-order valence-electron chi connectivity index (χ1n) is 5.10. The highest BCUT2D eigenvalue weighted by atomic mass is 16.5. The van der Waals surface area contributed by atoms with Crippen LogP contribution in [0.4, 0.5) is 0 Å². The summed E-state index contributed by atoms with van der Waals surface area (Å²) in [6.07, 6.45) is 3.91. The molecule has 12 heavy (non-hydrogen) atoms. The summed E-state index contributed by atoms with van der Waals surface area (Å²) < 4.78 is 5.38. The van der Waals surface area contributed by atoms with Crippen LogP contribution in [0.15, 0.2) is 0 Å². The Bertz CT molecular complexity index is 146. The van der Waals surface area contributed by atoms with Gasteiger partial charge in [0.15, 0.2) is 0 Å². The molecule has 0 amide bonds. The average molecular weight is 169 g/mol. The van der Waals surface area contributed by atoms with Gasteiger partial charge in [0.2, 0.25) is 0 Å². The van der Waals surface area contributed by atoms with E-state index in [0.29, 0.717) is 5.41 Å². The maximum Gasteiger partial charge on any atom is 0.0468 e. The van der Waals surface area contributed by atoms with Gasteiger partial charge in [-0.25, -0.2) is 0 Å². The number of rotatable bonds is 1. The zero-order chi connectivity index (χ0) is 8.44. The predicted octanol–water partition coefficient (Wildman–Crippen LogP) is 1.41. The summed E-state index contributed by atoms with van der Waals surface area (Å²) in [6.45, 7) is 6.84. The molecule has 0 aliphatic carbocycles. The van der Waals surface area contributed by atoms with E-state index in [1.165, 1.54) is 32.4 Å². The molecule has 2 heteroatoms. The molecular formula is C10H19NO. The van der Waals surface area contributed by atoms with Crippen molar-refractivity contribution in [1.29, 1.82) is 0 Å². The van der Waals surface area contributed by atoms with Gasteiger partial charge in [-0.3, -0.25) is 0 Å². The Morgan fingerprint density at radius 3 is 2.67 bits per heavy atom. The van der Waals surface area contributed by atoms with Crippen LogP contribution in [-0.2, 0) is 4.74 Å². The van der Waals surface area contributed by atoms with Crippen molar-refractivity contribution < 1.29 is 4.74 Å². The van der Waals surface area contributed by atoms with Crippen LogP contribution < -0.4 is 5.32 Å². The zero-order valence-electron chi connectivity index (χ0n) is 7.94. The van der Waals surface area contributed by atoms with Gasteiger partial charge in [0.25, 0.3) is 0 Å². The summed E-state index contributed by atoms with van der Waals surface area (Å²) >= 11 is 0. The van der Waals surface area contributed by atoms with E-state index in [2.05, 4.69) is 12.2 Å². The lowest BCUT2D eigenvalue weighted by molar-refractivity contribution is 0.0232. The highest BCUT2D eigenvalue weighted by Gasteiger charge is 2.37. The lowest BCUT2D eigenvalue weighted by atomic mass is 9.73. The highest BCUT2D eigenvalue weighted by Crippen LogP contribution is 2.39. The lowest BCUT2D eigenvalue weighted by Crippen LogP contribution is -2.34. The summed E-state index contributed by atoms with van der Waals surface area (Å²) in [6, 6.07) is 0. The van der Waals surface area contributed by atoms with E-state index in [0.717, 1.165) is 19.1 Å². The van der Waals surface area contributed by atoms with Gasteiger partial charge < -0.3 is 10.1 Å². The van der Waals surface area contributed by atoms with E-state index in [9.17, 15) is 0 Å². The van der Waals surface area contributed by atoms with E-state index in [-0.39, 0.29) is 0 Å². The van der Waals surface area contributed by atoms with Crippen molar-refractivity contribution in [2.24, 2.45) is 11.3 Å². The second-order valence-electron chi connectivity index (χ2n) is 4.47. The number of nitrogens with one attached hydrogen (secondary N) is 1. The molecule has 0 unspecified atom stereocenters. The van der Waals surface area contributed by atoms with Crippen LogP contribution in [0.1, 0.15) is 26.2 Å². The second kappa shape index (κ2) is 3.35. The fourth-order valence-corrected chi connectivity index (χ4v) is 2.58. The van der Waals surface area contributed by atoms with Crippen molar-refractivity contribution >= 4 is 0 Å². The van der Waals surface area contributed by atoms with Crippen LogP contribution in [0.2, 0.25) is 0 Å². The molecule has 1 N–H and O–H groups in total. The second-order valence-corrected chi connectivity index (χ2v) is 4.47. The molecule has 2 nitrogen and oxygen atoms in total. The van der Waals surface area contributed by atoms with E-state index in [1.807, 2.05) is 0 Å². The fraction of sp³-hybridized carbons (Fsp3) is 1.00. The third kappa shape index (κ3) is 1.50. The van der Waals surface area contributed by atoms with Crippen LogP contribution in [0.5, 0.6) is 0 Å². The van der Waals surface area contributed by atoms with E-state index in [1.54, 1.807) is 0 Å². The lowest BCUT2D eigenvalue weighted by Gasteiger charge is -2.36. The molecule has 2 fully saturated rings. The van der Waals surface area contributed by atoms with Crippen LogP contribution in [-0.4, -0.2) is 26.3 Å². The largest absolute Gasteiger partial charge is 0.381 e. The Balaban J connectivity index is 1.96. The van der Waals surface area contributed by atoms with Crippen molar-refractivity contribution in [2.75, 3.05) is 26.3 Å². The predicted molar refractivity (Wildman–Crippen MR) is 49.1 cm³/mol. The molecule has 0 radical (unpaired) electrons. The molecular weight excluding hydrogens is 150 g/mol. The maximum absolute atomic E-state index is 5.38. The smallest absolute Gasteiger partial charge is 0.0468 e. The summed E-state index contributed by atoms with van der Waals surface area (Å²) in [7, 11) is 0. The van der Waals surface area contributed by atoms with Gasteiger partial charge in [-0.05, 0) is 37.1 Å². The number of ether oxygens (including phenoxy) is 1. The Labute approximate surface area is 74.7 Å². The molecule has 70 valence electrons. The van der Waals surface area contributed by atoms with Gasteiger partial charge in [-0.15, -0.1) is 0 Å². The normalized spacial score (nSPS) is 38.8. The minimum atomic E-state index is 0.573. The van der Waals surface area contributed by atoms with Crippen LogP contribution in [0.3, 0.4) is 0 Å². The van der Waals surface area contributed by atoms with Gasteiger partial charge >= 0.3 is 0 Å². The SMILES string of the molecule is C[C@@]1(C2CCOCC2)CCNC1. The third-order valence-corrected chi connectivity index (χ3v) is 3.61. The van der Waals surface area contributed by atoms with Crippen LogP contribution in [0, 0.1) is 11.3 Å². The molecule has 2 saturated heterocycles. The average Bonchev–Trinajstić information content (AvgIpc) is 2.55. The van der Waals surface area contributed by atoms with Gasteiger partial charge in [-0.2, -0.15) is 0 Å². The van der Waals surface area contributed by atoms with Crippen molar-refractivity contribution in [3.8, 4) is 0 Å². The van der Waals surface area contributed by atoms with Crippen molar-refractivity contribution in [1.82, 2.24) is 5.32 Å². The summed E-state index contributed by atoms with van der Waals surface area (Å²) in [5.74, 6) is 0.904. The Morgan fingerprint density at radius 1 is 1.33 bits per heavy atom. The minimum Gasteiger partial charge on any atom is -0.381 e. The van der Waals surface area contributed by atoms with E-state index in [4.69, 9.17) is 4.74 Å². The first-order chi connectivity index (χ1) is 5.81. The molecule has 0 aromatic heterocycles. The van der Waals surface area contributed by atoms with E-state index >= 15 is 0 Å². The van der Waals surface area contributed by atoms with Crippen LogP contribution in [0.25, 0.3) is 0 Å². The molecule has 0 spiro atoms. The Hall–Kier alpha value is -0.0800. The standard InChI is InChI=1S/C10H19NO/c1-10(4-5-11-8-10)9-2-6-12-7-3-9/h9,11H,2-8H2,1H3/t10-/m1/s1. The van der Waals surface area contributed by atoms with Crippen molar-refractivity contribution in [3.63, 3.8) is 0 Å². The Morgan fingerprint density at radius 2 is 2.08 bits per heavy atom. The summed E-state index contributed by atoms with van der Waals surface area (Å²) in [5.41, 5.74) is 0.573. The minimum absolute atomic E-state index is 0.573. The first-order valence-corrected chi connectivity index (χ1v) is 5.10. The van der Waals surface area contributed by atoms with Crippen molar-refractivity contribution in [3.05, 3.63) is 0 Å². The maximum atomic E-state index is 5.38.